The molecule has 1 N–H and O–H groups in total. The zero-order chi connectivity index (χ0) is 24.0. The highest BCUT2D eigenvalue weighted by atomic mass is 16.5. The van der Waals surface area contributed by atoms with E-state index in [9.17, 15) is 19.5 Å². The van der Waals surface area contributed by atoms with Crippen molar-refractivity contribution in [2.45, 2.75) is 37.5 Å². The van der Waals surface area contributed by atoms with Crippen LogP contribution >= 0.6 is 0 Å². The average molecular weight is 466 g/mol. The van der Waals surface area contributed by atoms with E-state index in [0.717, 1.165) is 12.8 Å². The second kappa shape index (κ2) is 10.8. The molecule has 34 heavy (non-hydrogen) atoms. The van der Waals surface area contributed by atoms with Gasteiger partial charge >= 0.3 is 0 Å². The van der Waals surface area contributed by atoms with Crippen LogP contribution in [0.3, 0.4) is 0 Å². The minimum atomic E-state index is -1.20. The largest absolute Gasteiger partial charge is 0.492 e. The fourth-order valence-electron chi connectivity index (χ4n) is 4.91. The molecule has 2 fully saturated rings. The first kappa shape index (κ1) is 23.9. The lowest BCUT2D eigenvalue weighted by atomic mass is 9.75. The zero-order valence-electron chi connectivity index (χ0n) is 19.3. The molecular weight excluding hydrogens is 434 g/mol. The lowest BCUT2D eigenvalue weighted by molar-refractivity contribution is -0.143. The van der Waals surface area contributed by atoms with E-state index in [1.54, 1.807) is 29.4 Å². The molecule has 0 spiro atoms. The number of pyridine rings is 1. The number of benzene rings is 1. The predicted octanol–water partition coefficient (Wildman–Crippen LogP) is 2.17. The Balaban J connectivity index is 1.47. The summed E-state index contributed by atoms with van der Waals surface area (Å²) in [4.78, 5) is 47.0. The van der Waals surface area contributed by atoms with Gasteiger partial charge in [0.05, 0.1) is 18.2 Å². The number of aliphatic hydroxyl groups excluding tert-OH is 1. The molecule has 2 unspecified atom stereocenters. The Labute approximate surface area is 199 Å². The van der Waals surface area contributed by atoms with E-state index in [4.69, 9.17) is 4.74 Å². The fourth-order valence-corrected chi connectivity index (χ4v) is 4.91. The molecule has 4 rings (SSSR count). The van der Waals surface area contributed by atoms with Crippen LogP contribution < -0.4 is 4.74 Å². The Bertz CT molecular complexity index is 1000. The summed E-state index contributed by atoms with van der Waals surface area (Å²) in [6.07, 6.45) is 5.38. The molecule has 8 nitrogen and oxygen atoms in total. The van der Waals surface area contributed by atoms with E-state index in [-0.39, 0.29) is 49.6 Å². The number of amides is 3. The van der Waals surface area contributed by atoms with Gasteiger partial charge in [-0.05, 0) is 42.9 Å². The number of aliphatic hydroxyl groups is 1. The van der Waals surface area contributed by atoms with Gasteiger partial charge in [-0.3, -0.25) is 24.3 Å². The van der Waals surface area contributed by atoms with Crippen molar-refractivity contribution in [2.24, 2.45) is 5.92 Å². The molecule has 0 radical (unpaired) electrons. The molecular formula is C26H31N3O5. The Kier molecular flexibility index (Phi) is 7.57. The number of carbonyl (C=O) groups is 3. The van der Waals surface area contributed by atoms with Gasteiger partial charge in [0.25, 0.3) is 0 Å². The standard InChI is InChI=1S/C26H31N3O5/c30-19-20-7-5-12-28(18-20)23(31)15-26(21-8-2-1-3-9-21)16-24(32)29(25(26)33)13-6-14-34-22-10-4-11-27-17-22/h1-4,8-11,17,20,30H,5-7,12-16,18-19H2. The van der Waals surface area contributed by atoms with E-state index in [2.05, 4.69) is 4.98 Å². The van der Waals surface area contributed by atoms with Crippen molar-refractivity contribution in [3.63, 3.8) is 0 Å². The van der Waals surface area contributed by atoms with Crippen molar-refractivity contribution in [3.8, 4) is 5.75 Å². The second-order valence-corrected chi connectivity index (χ2v) is 9.07. The van der Waals surface area contributed by atoms with Gasteiger partial charge in [0.1, 0.15) is 5.75 Å². The molecule has 3 heterocycles. The van der Waals surface area contributed by atoms with Crippen LogP contribution in [-0.2, 0) is 19.8 Å². The third-order valence-electron chi connectivity index (χ3n) is 6.75. The Morgan fingerprint density at radius 1 is 1.18 bits per heavy atom. The normalized spacial score (nSPS) is 22.8. The highest BCUT2D eigenvalue weighted by molar-refractivity contribution is 6.10. The molecule has 0 saturated carbocycles. The van der Waals surface area contributed by atoms with E-state index >= 15 is 0 Å². The van der Waals surface area contributed by atoms with Crippen molar-refractivity contribution in [3.05, 3.63) is 60.4 Å². The zero-order valence-corrected chi connectivity index (χ0v) is 19.3. The third kappa shape index (κ3) is 5.12. The van der Waals surface area contributed by atoms with Gasteiger partial charge in [-0.1, -0.05) is 30.3 Å². The number of ether oxygens (including phenoxy) is 1. The number of piperidine rings is 1. The minimum absolute atomic E-state index is 0.0255. The summed E-state index contributed by atoms with van der Waals surface area (Å²) in [5.41, 5.74) is -0.516. The van der Waals surface area contributed by atoms with Gasteiger partial charge in [-0.15, -0.1) is 0 Å². The summed E-state index contributed by atoms with van der Waals surface area (Å²) in [5, 5.41) is 9.53. The number of carbonyl (C=O) groups excluding carboxylic acids is 3. The maximum absolute atomic E-state index is 13.7. The van der Waals surface area contributed by atoms with Gasteiger partial charge in [0.2, 0.25) is 17.7 Å². The molecule has 1 aromatic heterocycles. The summed E-state index contributed by atoms with van der Waals surface area (Å²) < 4.78 is 5.64. The summed E-state index contributed by atoms with van der Waals surface area (Å²) >= 11 is 0. The number of rotatable bonds is 9. The minimum Gasteiger partial charge on any atom is -0.492 e. The molecule has 0 aliphatic carbocycles. The lowest BCUT2D eigenvalue weighted by Gasteiger charge is -2.35. The van der Waals surface area contributed by atoms with E-state index in [1.165, 1.54) is 4.90 Å². The van der Waals surface area contributed by atoms with Crippen LogP contribution in [0.15, 0.2) is 54.9 Å². The summed E-state index contributed by atoms with van der Waals surface area (Å²) in [6, 6.07) is 12.7. The maximum Gasteiger partial charge on any atom is 0.240 e. The van der Waals surface area contributed by atoms with Crippen molar-refractivity contribution in [1.82, 2.24) is 14.8 Å². The van der Waals surface area contributed by atoms with Crippen LogP contribution in [-0.4, -0.2) is 70.5 Å². The van der Waals surface area contributed by atoms with Crippen LogP contribution in [0.2, 0.25) is 0 Å². The molecule has 3 amide bonds. The van der Waals surface area contributed by atoms with Crippen LogP contribution in [0, 0.1) is 5.92 Å². The van der Waals surface area contributed by atoms with Gasteiger partial charge < -0.3 is 14.7 Å². The Hall–Kier alpha value is -3.26. The molecule has 2 aromatic rings. The molecule has 2 atom stereocenters. The maximum atomic E-state index is 13.7. The molecule has 8 heteroatoms. The van der Waals surface area contributed by atoms with Gasteiger partial charge in [0, 0.05) is 45.3 Å². The topological polar surface area (TPSA) is 100 Å². The third-order valence-corrected chi connectivity index (χ3v) is 6.75. The first-order valence-corrected chi connectivity index (χ1v) is 11.9. The number of likely N-dealkylation sites (tertiary alicyclic amines) is 2. The van der Waals surface area contributed by atoms with Crippen molar-refractivity contribution in [2.75, 3.05) is 32.8 Å². The van der Waals surface area contributed by atoms with Crippen LogP contribution in [0.5, 0.6) is 5.75 Å². The highest BCUT2D eigenvalue weighted by Gasteiger charge is 2.54. The molecule has 0 bridgehead atoms. The molecule has 2 aliphatic heterocycles. The van der Waals surface area contributed by atoms with Crippen molar-refractivity contribution >= 4 is 17.7 Å². The highest BCUT2D eigenvalue weighted by Crippen LogP contribution is 2.40. The van der Waals surface area contributed by atoms with Crippen LogP contribution in [0.4, 0.5) is 0 Å². The second-order valence-electron chi connectivity index (χ2n) is 9.07. The Morgan fingerprint density at radius 3 is 2.74 bits per heavy atom. The van der Waals surface area contributed by atoms with Crippen LogP contribution in [0.1, 0.15) is 37.7 Å². The number of imide groups is 1. The summed E-state index contributed by atoms with van der Waals surface area (Å²) in [7, 11) is 0. The van der Waals surface area contributed by atoms with E-state index in [1.807, 2.05) is 30.3 Å². The van der Waals surface area contributed by atoms with Crippen molar-refractivity contribution < 1.29 is 24.2 Å². The summed E-state index contributed by atoms with van der Waals surface area (Å²) in [6.45, 7) is 1.71. The molecule has 1 aromatic carbocycles. The number of hydrogen-bond donors (Lipinski definition) is 1. The van der Waals surface area contributed by atoms with Gasteiger partial charge in [-0.2, -0.15) is 0 Å². The van der Waals surface area contributed by atoms with E-state index < -0.39 is 5.41 Å². The molecule has 2 saturated heterocycles. The Morgan fingerprint density at radius 2 is 2.00 bits per heavy atom. The van der Waals surface area contributed by atoms with Gasteiger partial charge in [0.15, 0.2) is 0 Å². The fraction of sp³-hybridized carbons (Fsp3) is 0.462. The number of aromatic nitrogens is 1. The first-order valence-electron chi connectivity index (χ1n) is 11.9. The molecule has 2 aliphatic rings. The monoisotopic (exact) mass is 465 g/mol. The number of nitrogens with zero attached hydrogens (tertiary/aromatic N) is 3. The van der Waals surface area contributed by atoms with E-state index in [0.29, 0.717) is 37.4 Å². The average Bonchev–Trinajstić information content (AvgIpc) is 3.12. The smallest absolute Gasteiger partial charge is 0.240 e. The predicted molar refractivity (Wildman–Crippen MR) is 125 cm³/mol. The number of hydrogen-bond acceptors (Lipinski definition) is 6. The SMILES string of the molecule is O=C(CC1(c2ccccc2)CC(=O)N(CCCOc2cccnc2)C1=O)N1CCCC(CO)C1. The van der Waals surface area contributed by atoms with Crippen LogP contribution in [0.25, 0.3) is 0 Å². The lowest BCUT2D eigenvalue weighted by Crippen LogP contribution is -2.46. The molecule has 180 valence electrons. The van der Waals surface area contributed by atoms with Gasteiger partial charge in [-0.25, -0.2) is 0 Å². The summed E-state index contributed by atoms with van der Waals surface area (Å²) in [5.74, 6) is -0.0508. The first-order chi connectivity index (χ1) is 16.5. The quantitative estimate of drug-likeness (QED) is 0.450. The van der Waals surface area contributed by atoms with Crippen molar-refractivity contribution in [1.29, 1.82) is 0 Å².